The zero-order valence-corrected chi connectivity index (χ0v) is 14.1. The first-order valence-corrected chi connectivity index (χ1v) is 8.33. The minimum absolute atomic E-state index is 0.0699. The number of hydroxylamine groups is 1. The van der Waals surface area contributed by atoms with Gasteiger partial charge in [0.1, 0.15) is 5.54 Å². The van der Waals surface area contributed by atoms with E-state index < -0.39 is 5.54 Å². The first kappa shape index (κ1) is 16.4. The standard InChI is InChI=1S/C22H23NO/c1-18(2)24-23-22(19-12-6-3-7-13-19,20-14-8-4-9-15-20)21-16-10-5-11-17-21/h3-18,23H,1-2H3. The highest BCUT2D eigenvalue weighted by Crippen LogP contribution is 2.36. The lowest BCUT2D eigenvalue weighted by atomic mass is 9.78. The van der Waals surface area contributed by atoms with Gasteiger partial charge in [-0.3, -0.25) is 4.84 Å². The molecule has 122 valence electrons. The van der Waals surface area contributed by atoms with Crippen molar-refractivity contribution in [2.24, 2.45) is 0 Å². The predicted octanol–water partition coefficient (Wildman–Crippen LogP) is 4.91. The molecule has 0 saturated heterocycles. The van der Waals surface area contributed by atoms with E-state index in [2.05, 4.69) is 78.3 Å². The fraction of sp³-hybridized carbons (Fsp3) is 0.182. The largest absolute Gasteiger partial charge is 0.298 e. The van der Waals surface area contributed by atoms with Crippen molar-refractivity contribution in [3.05, 3.63) is 108 Å². The monoisotopic (exact) mass is 317 g/mol. The van der Waals surface area contributed by atoms with Crippen molar-refractivity contribution in [2.75, 3.05) is 0 Å². The van der Waals surface area contributed by atoms with Gasteiger partial charge in [0.25, 0.3) is 0 Å². The molecule has 0 aliphatic heterocycles. The van der Waals surface area contributed by atoms with Gasteiger partial charge in [0.05, 0.1) is 6.10 Å². The van der Waals surface area contributed by atoms with E-state index in [9.17, 15) is 0 Å². The van der Waals surface area contributed by atoms with Gasteiger partial charge >= 0.3 is 0 Å². The van der Waals surface area contributed by atoms with Crippen molar-refractivity contribution in [3.63, 3.8) is 0 Å². The van der Waals surface area contributed by atoms with Crippen LogP contribution in [0.1, 0.15) is 30.5 Å². The normalized spacial score (nSPS) is 11.6. The first-order chi connectivity index (χ1) is 11.7. The number of rotatable bonds is 6. The lowest BCUT2D eigenvalue weighted by Gasteiger charge is -2.36. The molecule has 0 amide bonds. The summed E-state index contributed by atoms with van der Waals surface area (Å²) in [5, 5.41) is 0. The lowest BCUT2D eigenvalue weighted by Crippen LogP contribution is -2.45. The second kappa shape index (κ2) is 7.43. The third kappa shape index (κ3) is 3.25. The summed E-state index contributed by atoms with van der Waals surface area (Å²) < 4.78 is 0. The Kier molecular flexibility index (Phi) is 5.09. The molecule has 0 heterocycles. The van der Waals surface area contributed by atoms with Crippen LogP contribution in [0.5, 0.6) is 0 Å². The van der Waals surface area contributed by atoms with Crippen molar-refractivity contribution in [2.45, 2.75) is 25.5 Å². The molecule has 0 unspecified atom stereocenters. The highest BCUT2D eigenvalue weighted by atomic mass is 16.7. The van der Waals surface area contributed by atoms with Crippen LogP contribution in [-0.2, 0) is 10.4 Å². The summed E-state index contributed by atoms with van der Waals surface area (Å²) in [6.45, 7) is 4.05. The fourth-order valence-corrected chi connectivity index (χ4v) is 2.95. The molecule has 0 spiro atoms. The average Bonchev–Trinajstić information content (AvgIpc) is 2.65. The minimum Gasteiger partial charge on any atom is -0.298 e. The molecule has 0 fully saturated rings. The molecule has 0 aromatic heterocycles. The maximum absolute atomic E-state index is 5.92. The van der Waals surface area contributed by atoms with Gasteiger partial charge in [-0.1, -0.05) is 91.0 Å². The highest BCUT2D eigenvalue weighted by molar-refractivity contribution is 5.48. The van der Waals surface area contributed by atoms with Crippen molar-refractivity contribution in [1.82, 2.24) is 5.48 Å². The number of hydrogen-bond acceptors (Lipinski definition) is 2. The smallest absolute Gasteiger partial charge is 0.118 e. The molecule has 0 bridgehead atoms. The summed E-state index contributed by atoms with van der Waals surface area (Å²) in [7, 11) is 0. The molecule has 1 N–H and O–H groups in total. The van der Waals surface area contributed by atoms with Gasteiger partial charge in [0, 0.05) is 0 Å². The Morgan fingerprint density at radius 2 is 0.958 bits per heavy atom. The number of benzene rings is 3. The van der Waals surface area contributed by atoms with E-state index in [0.717, 1.165) is 16.7 Å². The molecule has 3 aromatic carbocycles. The number of nitrogens with one attached hydrogen (secondary N) is 1. The van der Waals surface area contributed by atoms with Crippen LogP contribution in [0.25, 0.3) is 0 Å². The van der Waals surface area contributed by atoms with E-state index in [-0.39, 0.29) is 6.10 Å². The van der Waals surface area contributed by atoms with E-state index in [1.165, 1.54) is 0 Å². The lowest BCUT2D eigenvalue weighted by molar-refractivity contribution is -0.0392. The molecule has 2 nitrogen and oxygen atoms in total. The second-order valence-electron chi connectivity index (χ2n) is 6.12. The van der Waals surface area contributed by atoms with Gasteiger partial charge in [0.2, 0.25) is 0 Å². The Labute approximate surface area is 144 Å². The molecular formula is C22H23NO. The summed E-state index contributed by atoms with van der Waals surface area (Å²) >= 11 is 0. The van der Waals surface area contributed by atoms with E-state index in [1.807, 2.05) is 32.0 Å². The van der Waals surface area contributed by atoms with Gasteiger partial charge < -0.3 is 0 Å². The molecule has 0 atom stereocenters. The zero-order valence-electron chi connectivity index (χ0n) is 14.1. The van der Waals surface area contributed by atoms with Crippen LogP contribution in [0.15, 0.2) is 91.0 Å². The van der Waals surface area contributed by atoms with Crippen LogP contribution >= 0.6 is 0 Å². The topological polar surface area (TPSA) is 21.3 Å². The molecule has 0 aliphatic carbocycles. The van der Waals surface area contributed by atoms with Gasteiger partial charge in [-0.15, -0.1) is 0 Å². The Morgan fingerprint density at radius 3 is 1.25 bits per heavy atom. The molecule has 24 heavy (non-hydrogen) atoms. The summed E-state index contributed by atoms with van der Waals surface area (Å²) in [5.41, 5.74) is 6.25. The SMILES string of the molecule is CC(C)ONC(c1ccccc1)(c1ccccc1)c1ccccc1. The van der Waals surface area contributed by atoms with E-state index in [0.29, 0.717) is 0 Å². The fourth-order valence-electron chi connectivity index (χ4n) is 2.95. The van der Waals surface area contributed by atoms with Crippen molar-refractivity contribution in [3.8, 4) is 0 Å². The van der Waals surface area contributed by atoms with Crippen LogP contribution in [0.3, 0.4) is 0 Å². The van der Waals surface area contributed by atoms with Crippen LogP contribution < -0.4 is 5.48 Å². The average molecular weight is 317 g/mol. The van der Waals surface area contributed by atoms with E-state index >= 15 is 0 Å². The van der Waals surface area contributed by atoms with Crippen LogP contribution in [0.4, 0.5) is 0 Å². The van der Waals surface area contributed by atoms with Crippen molar-refractivity contribution >= 4 is 0 Å². The van der Waals surface area contributed by atoms with Crippen molar-refractivity contribution < 1.29 is 4.84 Å². The molecule has 0 aliphatic rings. The van der Waals surface area contributed by atoms with E-state index in [4.69, 9.17) is 4.84 Å². The van der Waals surface area contributed by atoms with E-state index in [1.54, 1.807) is 0 Å². The Morgan fingerprint density at radius 1 is 0.625 bits per heavy atom. The molecule has 2 heteroatoms. The Balaban J connectivity index is 2.24. The van der Waals surface area contributed by atoms with Crippen molar-refractivity contribution in [1.29, 1.82) is 0 Å². The van der Waals surface area contributed by atoms with Crippen LogP contribution in [0, 0.1) is 0 Å². The third-order valence-corrected chi connectivity index (χ3v) is 4.07. The number of hydrogen-bond donors (Lipinski definition) is 1. The van der Waals surface area contributed by atoms with Gasteiger partial charge in [-0.05, 0) is 30.5 Å². The van der Waals surface area contributed by atoms with Crippen LogP contribution in [-0.4, -0.2) is 6.10 Å². The molecule has 0 saturated carbocycles. The summed E-state index contributed by atoms with van der Waals surface area (Å²) in [5.74, 6) is 0. The summed E-state index contributed by atoms with van der Waals surface area (Å²) in [6, 6.07) is 31.3. The maximum Gasteiger partial charge on any atom is 0.118 e. The molecule has 3 aromatic rings. The molecule has 0 radical (unpaired) electrons. The van der Waals surface area contributed by atoms with Crippen LogP contribution in [0.2, 0.25) is 0 Å². The summed E-state index contributed by atoms with van der Waals surface area (Å²) in [4.78, 5) is 5.92. The minimum atomic E-state index is -0.561. The Bertz CT molecular complexity index is 642. The van der Waals surface area contributed by atoms with Gasteiger partial charge in [0.15, 0.2) is 0 Å². The van der Waals surface area contributed by atoms with Gasteiger partial charge in [-0.25, -0.2) is 0 Å². The first-order valence-electron chi connectivity index (χ1n) is 8.33. The predicted molar refractivity (Wildman–Crippen MR) is 98.6 cm³/mol. The highest BCUT2D eigenvalue weighted by Gasteiger charge is 2.36. The van der Waals surface area contributed by atoms with Gasteiger partial charge in [-0.2, -0.15) is 5.48 Å². The maximum atomic E-state index is 5.92. The second-order valence-corrected chi connectivity index (χ2v) is 6.12. The molecular weight excluding hydrogens is 294 g/mol. The molecule has 3 rings (SSSR count). The third-order valence-electron chi connectivity index (χ3n) is 4.07. The summed E-state index contributed by atoms with van der Waals surface area (Å²) in [6.07, 6.45) is 0.0699. The zero-order chi connectivity index (χ0) is 16.8. The Hall–Kier alpha value is -2.42. The quantitative estimate of drug-likeness (QED) is 0.515.